The van der Waals surface area contributed by atoms with Crippen molar-refractivity contribution in [3.8, 4) is 0 Å². The molecule has 0 fully saturated rings. The Hall–Kier alpha value is -2.30. The minimum Gasteiger partial charge on any atom is -0.463 e. The molecule has 0 saturated carbocycles. The van der Waals surface area contributed by atoms with Crippen molar-refractivity contribution in [2.45, 2.75) is 39.8 Å². The number of rotatable bonds is 5. The van der Waals surface area contributed by atoms with Crippen LogP contribution in [0.4, 0.5) is 4.79 Å². The van der Waals surface area contributed by atoms with Crippen molar-refractivity contribution in [3.05, 3.63) is 41.5 Å². The van der Waals surface area contributed by atoms with E-state index in [9.17, 15) is 9.59 Å². The van der Waals surface area contributed by atoms with Crippen molar-refractivity contribution in [2.75, 3.05) is 6.61 Å². The summed E-state index contributed by atoms with van der Waals surface area (Å²) in [6, 6.07) is 7.47. The fourth-order valence-electron chi connectivity index (χ4n) is 1.69. The number of esters is 1. The first kappa shape index (κ1) is 17.8. The number of amides is 1. The fourth-order valence-corrected chi connectivity index (χ4v) is 1.69. The smallest absolute Gasteiger partial charge is 0.407 e. The zero-order chi connectivity index (χ0) is 16.6. The zero-order valence-corrected chi connectivity index (χ0v) is 13.5. The van der Waals surface area contributed by atoms with Crippen LogP contribution in [0.2, 0.25) is 0 Å². The molecule has 5 heteroatoms. The molecule has 0 aliphatic carbocycles. The van der Waals surface area contributed by atoms with Gasteiger partial charge in [0.1, 0.15) is 5.60 Å². The molecule has 0 unspecified atom stereocenters. The Labute approximate surface area is 131 Å². The van der Waals surface area contributed by atoms with Crippen LogP contribution in [0.15, 0.2) is 30.3 Å². The van der Waals surface area contributed by atoms with Gasteiger partial charge in [0, 0.05) is 12.6 Å². The summed E-state index contributed by atoms with van der Waals surface area (Å²) in [5, 5.41) is 2.70. The molecule has 22 heavy (non-hydrogen) atoms. The van der Waals surface area contributed by atoms with Gasteiger partial charge in [0.05, 0.1) is 6.61 Å². The summed E-state index contributed by atoms with van der Waals surface area (Å²) in [6.45, 7) is 7.83. The fraction of sp³-hybridized carbons (Fsp3) is 0.412. The lowest BCUT2D eigenvalue weighted by atomic mass is 10.1. The Bertz CT molecular complexity index is 544. The van der Waals surface area contributed by atoms with E-state index in [0.29, 0.717) is 13.2 Å². The Kier molecular flexibility index (Phi) is 6.63. The SMILES string of the molecule is CCOC(=O)/C=C/c1ccccc1CNC(=O)OC(C)(C)C. The maximum absolute atomic E-state index is 11.7. The van der Waals surface area contributed by atoms with Crippen LogP contribution in [0, 0.1) is 0 Å². The molecule has 1 rings (SSSR count). The summed E-state index contributed by atoms with van der Waals surface area (Å²) in [6.07, 6.45) is 2.57. The molecule has 1 aromatic carbocycles. The van der Waals surface area contributed by atoms with E-state index >= 15 is 0 Å². The summed E-state index contributed by atoms with van der Waals surface area (Å²) in [5.74, 6) is -0.391. The normalized spacial score (nSPS) is 11.3. The molecule has 120 valence electrons. The van der Waals surface area contributed by atoms with E-state index < -0.39 is 17.7 Å². The average Bonchev–Trinajstić information content (AvgIpc) is 2.42. The van der Waals surface area contributed by atoms with Crippen molar-refractivity contribution in [1.82, 2.24) is 5.32 Å². The maximum atomic E-state index is 11.7. The van der Waals surface area contributed by atoms with Crippen LogP contribution < -0.4 is 5.32 Å². The monoisotopic (exact) mass is 305 g/mol. The van der Waals surface area contributed by atoms with E-state index in [-0.39, 0.29) is 0 Å². The topological polar surface area (TPSA) is 64.6 Å². The first-order chi connectivity index (χ1) is 10.3. The van der Waals surface area contributed by atoms with E-state index in [1.807, 2.05) is 45.0 Å². The van der Waals surface area contributed by atoms with Gasteiger partial charge in [-0.15, -0.1) is 0 Å². The minimum absolute atomic E-state index is 0.318. The first-order valence-electron chi connectivity index (χ1n) is 7.21. The Morgan fingerprint density at radius 1 is 1.23 bits per heavy atom. The molecular weight excluding hydrogens is 282 g/mol. The molecule has 1 N–H and O–H groups in total. The van der Waals surface area contributed by atoms with Crippen LogP contribution in [0.5, 0.6) is 0 Å². The molecule has 0 saturated heterocycles. The molecule has 1 aromatic rings. The van der Waals surface area contributed by atoms with Gasteiger partial charge in [-0.25, -0.2) is 9.59 Å². The Morgan fingerprint density at radius 3 is 2.55 bits per heavy atom. The van der Waals surface area contributed by atoms with Gasteiger partial charge in [-0.05, 0) is 44.9 Å². The highest BCUT2D eigenvalue weighted by atomic mass is 16.6. The number of hydrogen-bond donors (Lipinski definition) is 1. The van der Waals surface area contributed by atoms with Gasteiger partial charge in [-0.1, -0.05) is 24.3 Å². The number of carbonyl (C=O) groups excluding carboxylic acids is 2. The van der Waals surface area contributed by atoms with E-state index in [1.165, 1.54) is 6.08 Å². The lowest BCUT2D eigenvalue weighted by Crippen LogP contribution is -2.32. The predicted octanol–water partition coefficient (Wildman–Crippen LogP) is 3.29. The van der Waals surface area contributed by atoms with Crippen LogP contribution in [0.3, 0.4) is 0 Å². The Balaban J connectivity index is 2.68. The van der Waals surface area contributed by atoms with Gasteiger partial charge in [0.15, 0.2) is 0 Å². The summed E-state index contributed by atoms with van der Waals surface area (Å²) in [5.41, 5.74) is 1.19. The third-order valence-corrected chi connectivity index (χ3v) is 2.56. The van der Waals surface area contributed by atoms with Crippen molar-refractivity contribution in [1.29, 1.82) is 0 Å². The molecule has 0 aliphatic rings. The third-order valence-electron chi connectivity index (χ3n) is 2.56. The molecular formula is C17H23NO4. The zero-order valence-electron chi connectivity index (χ0n) is 13.5. The number of hydrogen-bond acceptors (Lipinski definition) is 4. The third kappa shape index (κ3) is 6.92. The van der Waals surface area contributed by atoms with Crippen molar-refractivity contribution in [2.24, 2.45) is 0 Å². The molecule has 0 aromatic heterocycles. The van der Waals surface area contributed by atoms with Crippen molar-refractivity contribution >= 4 is 18.1 Å². The maximum Gasteiger partial charge on any atom is 0.407 e. The predicted molar refractivity (Wildman–Crippen MR) is 85.2 cm³/mol. The van der Waals surface area contributed by atoms with Crippen molar-refractivity contribution < 1.29 is 19.1 Å². The molecule has 5 nitrogen and oxygen atoms in total. The number of benzene rings is 1. The largest absolute Gasteiger partial charge is 0.463 e. The minimum atomic E-state index is -0.534. The standard InChI is InChI=1S/C17H23NO4/c1-5-21-15(19)11-10-13-8-6-7-9-14(13)12-18-16(20)22-17(2,3)4/h6-11H,5,12H2,1-4H3,(H,18,20)/b11-10+. The highest BCUT2D eigenvalue weighted by Gasteiger charge is 2.15. The molecule has 0 aliphatic heterocycles. The summed E-state index contributed by atoms with van der Waals surface area (Å²) < 4.78 is 10.0. The number of ether oxygens (including phenoxy) is 2. The van der Waals surface area contributed by atoms with Crippen LogP contribution >= 0.6 is 0 Å². The average molecular weight is 305 g/mol. The van der Waals surface area contributed by atoms with E-state index in [2.05, 4.69) is 5.32 Å². The molecule has 0 radical (unpaired) electrons. The lowest BCUT2D eigenvalue weighted by Gasteiger charge is -2.19. The lowest BCUT2D eigenvalue weighted by molar-refractivity contribution is -0.137. The highest BCUT2D eigenvalue weighted by Crippen LogP contribution is 2.12. The first-order valence-corrected chi connectivity index (χ1v) is 7.21. The number of alkyl carbamates (subject to hydrolysis) is 1. The van der Waals surface area contributed by atoms with Gasteiger partial charge >= 0.3 is 12.1 Å². The van der Waals surface area contributed by atoms with Gasteiger partial charge in [0.25, 0.3) is 0 Å². The summed E-state index contributed by atoms with van der Waals surface area (Å²) >= 11 is 0. The van der Waals surface area contributed by atoms with Gasteiger partial charge in [-0.2, -0.15) is 0 Å². The summed E-state index contributed by atoms with van der Waals surface area (Å²) in [7, 11) is 0. The molecule has 0 atom stereocenters. The highest BCUT2D eigenvalue weighted by molar-refractivity contribution is 5.87. The van der Waals surface area contributed by atoms with Crippen molar-refractivity contribution in [3.63, 3.8) is 0 Å². The second kappa shape index (κ2) is 8.22. The molecule has 0 spiro atoms. The molecule has 0 heterocycles. The number of carbonyl (C=O) groups is 2. The van der Waals surface area contributed by atoms with Gasteiger partial charge in [0.2, 0.25) is 0 Å². The van der Waals surface area contributed by atoms with Gasteiger partial charge < -0.3 is 14.8 Å². The van der Waals surface area contributed by atoms with E-state index in [4.69, 9.17) is 9.47 Å². The van der Waals surface area contributed by atoms with E-state index in [0.717, 1.165) is 11.1 Å². The van der Waals surface area contributed by atoms with Crippen LogP contribution in [-0.4, -0.2) is 24.3 Å². The second-order valence-electron chi connectivity index (χ2n) is 5.64. The molecule has 0 bridgehead atoms. The van der Waals surface area contributed by atoms with E-state index in [1.54, 1.807) is 13.0 Å². The van der Waals surface area contributed by atoms with Crippen LogP contribution in [-0.2, 0) is 20.8 Å². The summed E-state index contributed by atoms with van der Waals surface area (Å²) in [4.78, 5) is 23.0. The van der Waals surface area contributed by atoms with Crippen LogP contribution in [0.25, 0.3) is 6.08 Å². The molecule has 1 amide bonds. The second-order valence-corrected chi connectivity index (χ2v) is 5.64. The van der Waals surface area contributed by atoms with Gasteiger partial charge in [-0.3, -0.25) is 0 Å². The number of nitrogens with one attached hydrogen (secondary N) is 1. The Morgan fingerprint density at radius 2 is 1.91 bits per heavy atom. The van der Waals surface area contributed by atoms with Crippen LogP contribution in [0.1, 0.15) is 38.8 Å². The quantitative estimate of drug-likeness (QED) is 0.669.